The van der Waals surface area contributed by atoms with Gasteiger partial charge in [0.25, 0.3) is 0 Å². The van der Waals surface area contributed by atoms with E-state index in [9.17, 15) is 9.59 Å². The number of hydrogen-bond acceptors (Lipinski definition) is 2. The van der Waals surface area contributed by atoms with Gasteiger partial charge in [-0.1, -0.05) is 27.7 Å². The van der Waals surface area contributed by atoms with Crippen molar-refractivity contribution >= 4 is 11.6 Å². The Balaban J connectivity index is 3.97. The van der Waals surface area contributed by atoms with E-state index in [0.717, 1.165) is 12.8 Å². The van der Waals surface area contributed by atoms with Crippen LogP contribution in [0.25, 0.3) is 0 Å². The molecule has 0 saturated heterocycles. The van der Waals surface area contributed by atoms with Crippen LogP contribution in [-0.4, -0.2) is 11.6 Å². The number of ketones is 2. The summed E-state index contributed by atoms with van der Waals surface area (Å²) in [6.45, 7) is 9.62. The van der Waals surface area contributed by atoms with E-state index >= 15 is 0 Å². The predicted octanol–water partition coefficient (Wildman–Crippen LogP) is 3.24. The van der Waals surface area contributed by atoms with Gasteiger partial charge in [-0.3, -0.25) is 9.59 Å². The lowest BCUT2D eigenvalue weighted by atomic mass is 9.86. The van der Waals surface area contributed by atoms with Crippen LogP contribution in [0.5, 0.6) is 0 Å². The van der Waals surface area contributed by atoms with E-state index in [1.54, 1.807) is 6.92 Å². The number of hydrogen-bond donors (Lipinski definition) is 0. The third-order valence-electron chi connectivity index (χ3n) is 3.10. The van der Waals surface area contributed by atoms with Crippen molar-refractivity contribution in [2.24, 2.45) is 17.8 Å². The maximum atomic E-state index is 11.4. The normalized spacial score (nSPS) is 16.9. The minimum atomic E-state index is 0.129. The van der Waals surface area contributed by atoms with Crippen molar-refractivity contribution in [2.45, 2.75) is 53.9 Å². The van der Waals surface area contributed by atoms with E-state index in [0.29, 0.717) is 18.1 Å². The smallest absolute Gasteiger partial charge is 0.135 e. The highest BCUT2D eigenvalue weighted by Gasteiger charge is 2.18. The quantitative estimate of drug-likeness (QED) is 0.649. The molecule has 3 atom stereocenters. The van der Waals surface area contributed by atoms with Gasteiger partial charge in [-0.2, -0.15) is 0 Å². The lowest BCUT2D eigenvalue weighted by Crippen LogP contribution is -2.17. The monoisotopic (exact) mass is 212 g/mol. The molecule has 0 aromatic rings. The topological polar surface area (TPSA) is 34.1 Å². The average molecular weight is 212 g/mol. The Morgan fingerprint density at radius 1 is 1.00 bits per heavy atom. The van der Waals surface area contributed by atoms with E-state index in [4.69, 9.17) is 0 Å². The molecule has 0 saturated carbocycles. The Morgan fingerprint density at radius 2 is 1.47 bits per heavy atom. The minimum Gasteiger partial charge on any atom is -0.300 e. The third-order valence-corrected chi connectivity index (χ3v) is 3.10. The molecule has 0 radical (unpaired) electrons. The van der Waals surface area contributed by atoms with Crippen LogP contribution in [-0.2, 0) is 9.59 Å². The van der Waals surface area contributed by atoms with Crippen LogP contribution < -0.4 is 0 Å². The number of rotatable bonds is 7. The van der Waals surface area contributed by atoms with Crippen molar-refractivity contribution in [3.63, 3.8) is 0 Å². The third kappa shape index (κ3) is 5.71. The molecule has 0 rings (SSSR count). The van der Waals surface area contributed by atoms with Crippen LogP contribution in [0.15, 0.2) is 0 Å². The minimum absolute atomic E-state index is 0.129. The number of carbonyl (C=O) groups excluding carboxylic acids is 2. The largest absolute Gasteiger partial charge is 0.300 e. The molecule has 0 aliphatic carbocycles. The first-order chi connectivity index (χ1) is 6.88. The lowest BCUT2D eigenvalue weighted by molar-refractivity contribution is -0.122. The SMILES string of the molecule is CCC(=O)[C@@H](C)C[C@@H](C)C[C@@H](C)C(C)=O. The van der Waals surface area contributed by atoms with E-state index in [1.807, 2.05) is 20.8 Å². The first-order valence-electron chi connectivity index (χ1n) is 5.91. The Morgan fingerprint density at radius 3 is 1.87 bits per heavy atom. The summed E-state index contributed by atoms with van der Waals surface area (Å²) >= 11 is 0. The average Bonchev–Trinajstić information content (AvgIpc) is 2.15. The van der Waals surface area contributed by atoms with Crippen molar-refractivity contribution < 1.29 is 9.59 Å². The molecule has 0 unspecified atom stereocenters. The molecule has 2 nitrogen and oxygen atoms in total. The highest BCUT2D eigenvalue weighted by molar-refractivity contribution is 5.80. The fraction of sp³-hybridized carbons (Fsp3) is 0.846. The van der Waals surface area contributed by atoms with Gasteiger partial charge in [0, 0.05) is 18.3 Å². The van der Waals surface area contributed by atoms with Gasteiger partial charge in [0.15, 0.2) is 0 Å². The summed E-state index contributed by atoms with van der Waals surface area (Å²) in [6.07, 6.45) is 2.43. The van der Waals surface area contributed by atoms with E-state index < -0.39 is 0 Å². The molecule has 0 amide bonds. The highest BCUT2D eigenvalue weighted by Crippen LogP contribution is 2.21. The fourth-order valence-electron chi connectivity index (χ4n) is 1.95. The first kappa shape index (κ1) is 14.3. The molecular weight excluding hydrogens is 188 g/mol. The predicted molar refractivity (Wildman–Crippen MR) is 62.7 cm³/mol. The van der Waals surface area contributed by atoms with Crippen molar-refractivity contribution in [1.82, 2.24) is 0 Å². The van der Waals surface area contributed by atoms with Gasteiger partial charge in [0.05, 0.1) is 0 Å². The Hall–Kier alpha value is -0.660. The number of Topliss-reactive ketones (excluding diaryl/α,β-unsaturated/α-hetero) is 2. The summed E-state index contributed by atoms with van der Waals surface area (Å²) in [7, 11) is 0. The zero-order valence-electron chi connectivity index (χ0n) is 10.7. The Labute approximate surface area is 93.4 Å². The van der Waals surface area contributed by atoms with Crippen LogP contribution in [0, 0.1) is 17.8 Å². The van der Waals surface area contributed by atoms with Gasteiger partial charge in [-0.15, -0.1) is 0 Å². The van der Waals surface area contributed by atoms with Gasteiger partial charge >= 0.3 is 0 Å². The maximum Gasteiger partial charge on any atom is 0.135 e. The molecular formula is C13H24O2. The Kier molecular flexibility index (Phi) is 6.46. The molecule has 0 aromatic heterocycles. The Bertz CT molecular complexity index is 221. The second-order valence-electron chi connectivity index (χ2n) is 4.81. The maximum absolute atomic E-state index is 11.4. The molecule has 88 valence electrons. The molecule has 0 spiro atoms. The summed E-state index contributed by atoms with van der Waals surface area (Å²) in [6, 6.07) is 0. The van der Waals surface area contributed by atoms with Gasteiger partial charge in [-0.05, 0) is 25.7 Å². The van der Waals surface area contributed by atoms with E-state index in [1.165, 1.54) is 0 Å². The summed E-state index contributed by atoms with van der Waals surface area (Å²) in [5.74, 6) is 1.30. The zero-order valence-corrected chi connectivity index (χ0v) is 10.7. The first-order valence-corrected chi connectivity index (χ1v) is 5.91. The molecule has 0 N–H and O–H groups in total. The summed E-state index contributed by atoms with van der Waals surface area (Å²) in [4.78, 5) is 22.5. The van der Waals surface area contributed by atoms with Crippen LogP contribution in [0.1, 0.15) is 53.9 Å². The molecule has 15 heavy (non-hydrogen) atoms. The summed E-state index contributed by atoms with van der Waals surface area (Å²) in [5.41, 5.74) is 0. The van der Waals surface area contributed by atoms with Crippen LogP contribution >= 0.6 is 0 Å². The van der Waals surface area contributed by atoms with Crippen molar-refractivity contribution in [1.29, 1.82) is 0 Å². The molecule has 0 aromatic carbocycles. The highest BCUT2D eigenvalue weighted by atomic mass is 16.1. The summed E-state index contributed by atoms with van der Waals surface area (Å²) < 4.78 is 0. The van der Waals surface area contributed by atoms with Crippen LogP contribution in [0.3, 0.4) is 0 Å². The molecule has 0 bridgehead atoms. The van der Waals surface area contributed by atoms with Crippen LogP contribution in [0.2, 0.25) is 0 Å². The standard InChI is InChI=1S/C13H24O2/c1-6-13(15)11(4)8-9(2)7-10(3)12(5)14/h9-11H,6-8H2,1-5H3/t9-,10+,11-/m0/s1. The lowest BCUT2D eigenvalue weighted by Gasteiger charge is -2.18. The van der Waals surface area contributed by atoms with Crippen molar-refractivity contribution in [3.05, 3.63) is 0 Å². The zero-order chi connectivity index (χ0) is 12.0. The summed E-state index contributed by atoms with van der Waals surface area (Å²) in [5, 5.41) is 0. The molecule has 0 heterocycles. The van der Waals surface area contributed by atoms with Gasteiger partial charge in [-0.25, -0.2) is 0 Å². The molecule has 0 aliphatic rings. The molecule has 0 aliphatic heterocycles. The molecule has 2 heteroatoms. The fourth-order valence-corrected chi connectivity index (χ4v) is 1.95. The van der Waals surface area contributed by atoms with Crippen molar-refractivity contribution in [2.75, 3.05) is 0 Å². The van der Waals surface area contributed by atoms with Crippen molar-refractivity contribution in [3.8, 4) is 0 Å². The van der Waals surface area contributed by atoms with Gasteiger partial charge in [0.2, 0.25) is 0 Å². The number of carbonyl (C=O) groups is 2. The van der Waals surface area contributed by atoms with Gasteiger partial charge < -0.3 is 0 Å². The van der Waals surface area contributed by atoms with E-state index in [-0.39, 0.29) is 17.6 Å². The van der Waals surface area contributed by atoms with Gasteiger partial charge in [0.1, 0.15) is 11.6 Å². The molecule has 0 fully saturated rings. The van der Waals surface area contributed by atoms with E-state index in [2.05, 4.69) is 6.92 Å². The van der Waals surface area contributed by atoms with Crippen LogP contribution in [0.4, 0.5) is 0 Å². The second kappa shape index (κ2) is 6.76. The second-order valence-corrected chi connectivity index (χ2v) is 4.81.